The summed E-state index contributed by atoms with van der Waals surface area (Å²) in [6, 6.07) is 14.7. The Morgan fingerprint density at radius 2 is 1.95 bits per heavy atom. The molecule has 0 bridgehead atoms. The van der Waals surface area contributed by atoms with Crippen molar-refractivity contribution in [2.75, 3.05) is 13.2 Å². The molecule has 1 atom stereocenters. The summed E-state index contributed by atoms with van der Waals surface area (Å²) in [7, 11) is 0. The summed E-state index contributed by atoms with van der Waals surface area (Å²) in [5.74, 6) is 1.72. The van der Waals surface area contributed by atoms with Crippen LogP contribution in [-0.4, -0.2) is 13.2 Å². The van der Waals surface area contributed by atoms with Crippen LogP contribution in [-0.2, 0) is 6.54 Å². The van der Waals surface area contributed by atoms with Crippen LogP contribution < -0.4 is 14.8 Å². The van der Waals surface area contributed by atoms with Gasteiger partial charge in [-0.3, -0.25) is 0 Å². The second-order valence-electron chi connectivity index (χ2n) is 5.10. The number of para-hydroxylation sites is 1. The fourth-order valence-corrected chi connectivity index (χ4v) is 2.85. The van der Waals surface area contributed by atoms with Crippen molar-refractivity contribution in [2.24, 2.45) is 0 Å². The van der Waals surface area contributed by atoms with E-state index in [2.05, 4.69) is 52.4 Å². The van der Waals surface area contributed by atoms with Crippen LogP contribution in [0.2, 0.25) is 0 Å². The zero-order valence-electron chi connectivity index (χ0n) is 11.9. The Balaban J connectivity index is 1.70. The summed E-state index contributed by atoms with van der Waals surface area (Å²) in [5, 5.41) is 3.54. The molecule has 3 rings (SSSR count). The highest BCUT2D eigenvalue weighted by molar-refractivity contribution is 9.10. The molecule has 0 saturated heterocycles. The van der Waals surface area contributed by atoms with E-state index in [1.54, 1.807) is 0 Å². The number of rotatable bonds is 4. The van der Waals surface area contributed by atoms with Crippen molar-refractivity contribution in [3.05, 3.63) is 58.1 Å². The van der Waals surface area contributed by atoms with E-state index < -0.39 is 0 Å². The van der Waals surface area contributed by atoms with Gasteiger partial charge in [-0.05, 0) is 30.7 Å². The molecule has 1 N–H and O–H groups in total. The van der Waals surface area contributed by atoms with E-state index in [0.717, 1.165) is 28.1 Å². The van der Waals surface area contributed by atoms with Crippen molar-refractivity contribution in [3.63, 3.8) is 0 Å². The lowest BCUT2D eigenvalue weighted by Gasteiger charge is -2.22. The van der Waals surface area contributed by atoms with Crippen LogP contribution in [0, 0.1) is 0 Å². The zero-order chi connectivity index (χ0) is 14.7. The molecule has 1 aliphatic rings. The normalized spacial score (nSPS) is 14.8. The number of benzene rings is 2. The van der Waals surface area contributed by atoms with Gasteiger partial charge in [0, 0.05) is 22.6 Å². The van der Waals surface area contributed by atoms with Crippen LogP contribution in [0.4, 0.5) is 0 Å². The summed E-state index contributed by atoms with van der Waals surface area (Å²) in [5.41, 5.74) is 2.39. The molecule has 1 heterocycles. The maximum atomic E-state index is 5.74. The summed E-state index contributed by atoms with van der Waals surface area (Å²) < 4.78 is 12.5. The average molecular weight is 348 g/mol. The molecule has 0 amide bonds. The predicted molar refractivity (Wildman–Crippen MR) is 86.8 cm³/mol. The third kappa shape index (κ3) is 3.39. The number of ether oxygens (including phenoxy) is 2. The van der Waals surface area contributed by atoms with Crippen molar-refractivity contribution < 1.29 is 9.47 Å². The molecule has 110 valence electrons. The Labute approximate surface area is 133 Å². The van der Waals surface area contributed by atoms with Crippen molar-refractivity contribution in [1.29, 1.82) is 0 Å². The molecule has 0 spiro atoms. The molecule has 0 aromatic heterocycles. The maximum Gasteiger partial charge on any atom is 0.165 e. The van der Waals surface area contributed by atoms with Crippen LogP contribution in [0.15, 0.2) is 46.9 Å². The first-order valence-electron chi connectivity index (χ1n) is 7.10. The van der Waals surface area contributed by atoms with Gasteiger partial charge in [0.2, 0.25) is 0 Å². The van der Waals surface area contributed by atoms with E-state index in [0.29, 0.717) is 13.2 Å². The second kappa shape index (κ2) is 6.50. The lowest BCUT2D eigenvalue weighted by Crippen LogP contribution is -2.21. The van der Waals surface area contributed by atoms with Gasteiger partial charge in [0.25, 0.3) is 0 Å². The Bertz CT molecular complexity index is 630. The Morgan fingerprint density at radius 1 is 1.14 bits per heavy atom. The van der Waals surface area contributed by atoms with Gasteiger partial charge in [-0.15, -0.1) is 0 Å². The highest BCUT2D eigenvalue weighted by atomic mass is 79.9. The smallest absolute Gasteiger partial charge is 0.165 e. The molecule has 4 heteroatoms. The quantitative estimate of drug-likeness (QED) is 0.904. The minimum Gasteiger partial charge on any atom is -0.486 e. The van der Waals surface area contributed by atoms with Crippen molar-refractivity contribution in [1.82, 2.24) is 5.32 Å². The first kappa shape index (κ1) is 14.4. The van der Waals surface area contributed by atoms with Gasteiger partial charge in [0.15, 0.2) is 11.5 Å². The number of nitrogens with one attached hydrogen (secondary N) is 1. The topological polar surface area (TPSA) is 30.5 Å². The molecule has 1 aliphatic heterocycles. The van der Waals surface area contributed by atoms with E-state index in [-0.39, 0.29) is 6.04 Å². The van der Waals surface area contributed by atoms with E-state index >= 15 is 0 Å². The highest BCUT2D eigenvalue weighted by Crippen LogP contribution is 2.33. The minimum atomic E-state index is 0.267. The highest BCUT2D eigenvalue weighted by Gasteiger charge is 2.16. The van der Waals surface area contributed by atoms with Gasteiger partial charge in [-0.1, -0.05) is 40.2 Å². The van der Waals surface area contributed by atoms with E-state index in [9.17, 15) is 0 Å². The molecule has 0 aliphatic carbocycles. The molecule has 0 fully saturated rings. The molecule has 3 nitrogen and oxygen atoms in total. The first-order valence-corrected chi connectivity index (χ1v) is 7.89. The lowest BCUT2D eigenvalue weighted by molar-refractivity contribution is 0.169. The van der Waals surface area contributed by atoms with Gasteiger partial charge >= 0.3 is 0 Å². The molecular formula is C17H18BrNO2. The molecular weight excluding hydrogens is 330 g/mol. The maximum absolute atomic E-state index is 5.74. The van der Waals surface area contributed by atoms with E-state index in [1.165, 1.54) is 5.56 Å². The van der Waals surface area contributed by atoms with Crippen LogP contribution in [0.25, 0.3) is 0 Å². The van der Waals surface area contributed by atoms with Crippen LogP contribution in [0.5, 0.6) is 11.5 Å². The van der Waals surface area contributed by atoms with Gasteiger partial charge in [0.1, 0.15) is 13.2 Å². The Morgan fingerprint density at radius 3 is 2.81 bits per heavy atom. The fourth-order valence-electron chi connectivity index (χ4n) is 2.43. The van der Waals surface area contributed by atoms with Gasteiger partial charge < -0.3 is 14.8 Å². The third-order valence-corrected chi connectivity index (χ3v) is 4.09. The van der Waals surface area contributed by atoms with E-state index in [4.69, 9.17) is 9.47 Å². The van der Waals surface area contributed by atoms with Crippen LogP contribution in [0.1, 0.15) is 24.1 Å². The average Bonchev–Trinajstić information content (AvgIpc) is 2.52. The summed E-state index contributed by atoms with van der Waals surface area (Å²) in [6.45, 7) is 4.15. The van der Waals surface area contributed by atoms with E-state index in [1.807, 2.05) is 18.2 Å². The van der Waals surface area contributed by atoms with Crippen LogP contribution >= 0.6 is 15.9 Å². The molecule has 2 aromatic rings. The van der Waals surface area contributed by atoms with Crippen molar-refractivity contribution >= 4 is 15.9 Å². The third-order valence-electron chi connectivity index (χ3n) is 3.60. The first-order chi connectivity index (χ1) is 10.2. The Hall–Kier alpha value is -1.52. The Kier molecular flexibility index (Phi) is 4.46. The zero-order valence-corrected chi connectivity index (χ0v) is 13.5. The fraction of sp³-hybridized carbons (Fsp3) is 0.294. The molecule has 0 radical (unpaired) electrons. The standard InChI is InChI=1S/C17H18BrNO2/c1-12(13-4-2-6-15(18)10-13)19-11-14-5-3-7-16-17(14)21-9-8-20-16/h2-7,10,12,19H,8-9,11H2,1H3/t12-/m0/s1. The monoisotopic (exact) mass is 347 g/mol. The van der Waals surface area contributed by atoms with Gasteiger partial charge in [-0.25, -0.2) is 0 Å². The van der Waals surface area contributed by atoms with Crippen molar-refractivity contribution in [3.8, 4) is 11.5 Å². The van der Waals surface area contributed by atoms with Gasteiger partial charge in [-0.2, -0.15) is 0 Å². The van der Waals surface area contributed by atoms with Crippen molar-refractivity contribution in [2.45, 2.75) is 19.5 Å². The number of hydrogen-bond donors (Lipinski definition) is 1. The molecule has 21 heavy (non-hydrogen) atoms. The lowest BCUT2D eigenvalue weighted by atomic mass is 10.1. The SMILES string of the molecule is C[C@H](NCc1cccc2c1OCCO2)c1cccc(Br)c1. The summed E-state index contributed by atoms with van der Waals surface area (Å²) >= 11 is 3.51. The summed E-state index contributed by atoms with van der Waals surface area (Å²) in [4.78, 5) is 0. The second-order valence-corrected chi connectivity index (χ2v) is 6.01. The summed E-state index contributed by atoms with van der Waals surface area (Å²) in [6.07, 6.45) is 0. The number of hydrogen-bond acceptors (Lipinski definition) is 3. The number of halogens is 1. The minimum absolute atomic E-state index is 0.267. The number of fused-ring (bicyclic) bond motifs is 1. The van der Waals surface area contributed by atoms with Crippen LogP contribution in [0.3, 0.4) is 0 Å². The predicted octanol–water partition coefficient (Wildman–Crippen LogP) is 4.07. The molecule has 0 saturated carbocycles. The molecule has 0 unspecified atom stereocenters. The largest absolute Gasteiger partial charge is 0.486 e. The van der Waals surface area contributed by atoms with Gasteiger partial charge in [0.05, 0.1) is 0 Å². The molecule has 2 aromatic carbocycles.